The van der Waals surface area contributed by atoms with Crippen LogP contribution in [0.25, 0.3) is 0 Å². The van der Waals surface area contributed by atoms with Crippen LogP contribution < -0.4 is 4.74 Å². The van der Waals surface area contributed by atoms with Crippen LogP contribution in [-0.2, 0) is 4.74 Å². The van der Waals surface area contributed by atoms with E-state index in [0.29, 0.717) is 0 Å². The van der Waals surface area contributed by atoms with Crippen LogP contribution in [0.2, 0.25) is 0 Å². The molecular formula is C11H15BrO2. The molecule has 3 heteroatoms. The Kier molecular flexibility index (Phi) is 4.42. The van der Waals surface area contributed by atoms with Gasteiger partial charge in [-0.25, -0.2) is 0 Å². The van der Waals surface area contributed by atoms with Crippen LogP contribution in [0.3, 0.4) is 0 Å². The summed E-state index contributed by atoms with van der Waals surface area (Å²) < 4.78 is 12.0. The second kappa shape index (κ2) is 5.37. The van der Waals surface area contributed by atoms with E-state index in [1.165, 1.54) is 0 Å². The number of ether oxygens (including phenoxy) is 2. The molecule has 0 N–H and O–H groups in total. The van der Waals surface area contributed by atoms with Crippen LogP contribution in [0, 0.1) is 0 Å². The van der Waals surface area contributed by atoms with E-state index >= 15 is 0 Å². The van der Waals surface area contributed by atoms with Crippen molar-refractivity contribution in [3.63, 3.8) is 0 Å². The molecule has 0 saturated heterocycles. The normalized spacial score (nSPS) is 12.9. The Morgan fingerprint density at radius 2 is 1.64 bits per heavy atom. The number of hydrogen-bond acceptors (Lipinski definition) is 2. The average molecular weight is 259 g/mol. The zero-order valence-electron chi connectivity index (χ0n) is 8.66. The van der Waals surface area contributed by atoms with E-state index < -0.39 is 0 Å². The van der Waals surface area contributed by atoms with Crippen molar-refractivity contribution in [2.24, 2.45) is 0 Å². The molecule has 0 saturated carbocycles. The lowest BCUT2D eigenvalue weighted by Crippen LogP contribution is -2.20. The maximum atomic E-state index is 5.54. The molecular weight excluding hydrogens is 244 g/mol. The summed E-state index contributed by atoms with van der Waals surface area (Å²) in [4.78, 5) is 0. The first-order valence-electron chi connectivity index (χ1n) is 4.65. The zero-order chi connectivity index (χ0) is 10.6. The Bertz CT molecular complexity index is 269. The van der Waals surface area contributed by atoms with E-state index in [0.717, 1.165) is 10.2 Å². The number of hydrogen-bond donors (Lipinski definition) is 0. The van der Waals surface area contributed by atoms with E-state index in [4.69, 9.17) is 9.47 Å². The van der Waals surface area contributed by atoms with Gasteiger partial charge in [0, 0.05) is 4.47 Å². The molecule has 0 aliphatic carbocycles. The number of rotatable bonds is 4. The third kappa shape index (κ3) is 4.11. The Hall–Kier alpha value is -0.540. The second-order valence-corrected chi connectivity index (χ2v) is 4.24. The summed E-state index contributed by atoms with van der Waals surface area (Å²) in [5.41, 5.74) is 0. The molecule has 78 valence electrons. The summed E-state index contributed by atoms with van der Waals surface area (Å²) >= 11 is 3.37. The molecule has 0 aromatic heterocycles. The Balaban J connectivity index is 2.47. The van der Waals surface area contributed by atoms with Gasteiger partial charge in [0.2, 0.25) is 0 Å². The second-order valence-electron chi connectivity index (χ2n) is 3.32. The van der Waals surface area contributed by atoms with Crippen molar-refractivity contribution in [2.45, 2.75) is 33.2 Å². The lowest BCUT2D eigenvalue weighted by atomic mass is 10.3. The van der Waals surface area contributed by atoms with Gasteiger partial charge in [-0.3, -0.25) is 0 Å². The molecule has 0 aliphatic rings. The first-order valence-corrected chi connectivity index (χ1v) is 5.45. The van der Waals surface area contributed by atoms with Crippen LogP contribution in [0.5, 0.6) is 5.75 Å². The molecule has 0 aliphatic heterocycles. The molecule has 1 unspecified atom stereocenters. The Morgan fingerprint density at radius 1 is 1.07 bits per heavy atom. The van der Waals surface area contributed by atoms with Gasteiger partial charge in [-0.05, 0) is 45.0 Å². The van der Waals surface area contributed by atoms with E-state index in [2.05, 4.69) is 15.9 Å². The monoisotopic (exact) mass is 258 g/mol. The average Bonchev–Trinajstić information content (AvgIpc) is 2.07. The maximum Gasteiger partial charge on any atom is 0.197 e. The largest absolute Gasteiger partial charge is 0.465 e. The van der Waals surface area contributed by atoms with Gasteiger partial charge in [-0.15, -0.1) is 0 Å². The van der Waals surface area contributed by atoms with Crippen LogP contribution in [0.15, 0.2) is 28.7 Å². The summed E-state index contributed by atoms with van der Waals surface area (Å²) in [5, 5.41) is 0. The molecule has 0 fully saturated rings. The number of halogens is 1. The lowest BCUT2D eigenvalue weighted by Gasteiger charge is -2.17. The fourth-order valence-corrected chi connectivity index (χ4v) is 1.38. The molecule has 2 nitrogen and oxygen atoms in total. The third-order valence-corrected chi connectivity index (χ3v) is 2.11. The summed E-state index contributed by atoms with van der Waals surface area (Å²) in [6, 6.07) is 7.70. The third-order valence-electron chi connectivity index (χ3n) is 1.58. The first kappa shape index (κ1) is 11.5. The van der Waals surface area contributed by atoms with Crippen molar-refractivity contribution in [3.05, 3.63) is 28.7 Å². The summed E-state index contributed by atoms with van der Waals surface area (Å²) in [7, 11) is 0. The van der Waals surface area contributed by atoms with Gasteiger partial charge in [0.25, 0.3) is 0 Å². The molecule has 0 amide bonds. The summed E-state index contributed by atoms with van der Waals surface area (Å²) in [6.07, 6.45) is -0.0309. The van der Waals surface area contributed by atoms with Gasteiger partial charge >= 0.3 is 0 Å². The van der Waals surface area contributed by atoms with Crippen LogP contribution in [0.4, 0.5) is 0 Å². The zero-order valence-corrected chi connectivity index (χ0v) is 10.2. The minimum atomic E-state index is -0.212. The van der Waals surface area contributed by atoms with Crippen molar-refractivity contribution in [3.8, 4) is 5.75 Å². The van der Waals surface area contributed by atoms with Gasteiger partial charge in [0.1, 0.15) is 5.75 Å². The summed E-state index contributed by atoms with van der Waals surface area (Å²) in [5.74, 6) is 0.821. The van der Waals surface area contributed by atoms with E-state index in [-0.39, 0.29) is 12.4 Å². The van der Waals surface area contributed by atoms with Crippen LogP contribution in [0.1, 0.15) is 20.8 Å². The predicted octanol–water partition coefficient (Wildman–Crippen LogP) is 3.60. The highest BCUT2D eigenvalue weighted by atomic mass is 79.9. The fourth-order valence-electron chi connectivity index (χ4n) is 1.12. The number of benzene rings is 1. The van der Waals surface area contributed by atoms with Gasteiger partial charge in [-0.1, -0.05) is 15.9 Å². The minimum absolute atomic E-state index is 0.181. The Morgan fingerprint density at radius 3 is 2.14 bits per heavy atom. The molecule has 14 heavy (non-hydrogen) atoms. The lowest BCUT2D eigenvalue weighted by molar-refractivity contribution is -0.0950. The van der Waals surface area contributed by atoms with Gasteiger partial charge < -0.3 is 9.47 Å². The van der Waals surface area contributed by atoms with Crippen molar-refractivity contribution in [1.29, 1.82) is 0 Å². The standard InChI is InChI=1S/C11H15BrO2/c1-8(2)13-9(3)14-11-6-4-10(12)5-7-11/h4-9H,1-3H3. The molecule has 1 aromatic rings. The smallest absolute Gasteiger partial charge is 0.197 e. The van der Waals surface area contributed by atoms with Crippen molar-refractivity contribution >= 4 is 15.9 Å². The topological polar surface area (TPSA) is 18.5 Å². The molecule has 0 bridgehead atoms. The SMILES string of the molecule is CC(C)OC(C)Oc1ccc(Br)cc1. The molecule has 0 heterocycles. The first-order chi connectivity index (χ1) is 6.58. The molecule has 0 spiro atoms. The van der Waals surface area contributed by atoms with Crippen molar-refractivity contribution in [1.82, 2.24) is 0 Å². The quantitative estimate of drug-likeness (QED) is 0.769. The van der Waals surface area contributed by atoms with Gasteiger partial charge in [-0.2, -0.15) is 0 Å². The van der Waals surface area contributed by atoms with E-state index in [1.54, 1.807) is 0 Å². The van der Waals surface area contributed by atoms with Gasteiger partial charge in [0.05, 0.1) is 6.10 Å². The highest BCUT2D eigenvalue weighted by Crippen LogP contribution is 2.17. The molecule has 1 aromatic carbocycles. The highest BCUT2D eigenvalue weighted by molar-refractivity contribution is 9.10. The van der Waals surface area contributed by atoms with Crippen LogP contribution in [-0.4, -0.2) is 12.4 Å². The highest BCUT2D eigenvalue weighted by Gasteiger charge is 2.05. The summed E-state index contributed by atoms with van der Waals surface area (Å²) in [6.45, 7) is 5.87. The fraction of sp³-hybridized carbons (Fsp3) is 0.455. The van der Waals surface area contributed by atoms with E-state index in [1.807, 2.05) is 45.0 Å². The van der Waals surface area contributed by atoms with Gasteiger partial charge in [0.15, 0.2) is 6.29 Å². The Labute approximate surface area is 93.4 Å². The van der Waals surface area contributed by atoms with Crippen molar-refractivity contribution in [2.75, 3.05) is 0 Å². The molecule has 0 radical (unpaired) electrons. The molecule has 1 rings (SSSR count). The maximum absolute atomic E-state index is 5.54. The minimum Gasteiger partial charge on any atom is -0.465 e. The van der Waals surface area contributed by atoms with Crippen LogP contribution >= 0.6 is 15.9 Å². The van der Waals surface area contributed by atoms with Crippen molar-refractivity contribution < 1.29 is 9.47 Å². The molecule has 1 atom stereocenters. The predicted molar refractivity (Wildman–Crippen MR) is 60.5 cm³/mol. The van der Waals surface area contributed by atoms with E-state index in [9.17, 15) is 0 Å².